The Balaban J connectivity index is 2.32. The third kappa shape index (κ3) is 2.09. The van der Waals surface area contributed by atoms with E-state index in [-0.39, 0.29) is 15.6 Å². The Morgan fingerprint density at radius 3 is 2.50 bits per heavy atom. The topological polar surface area (TPSA) is 29.1 Å². The second-order valence-corrected chi connectivity index (χ2v) is 5.03. The summed E-state index contributed by atoms with van der Waals surface area (Å²) in [6, 6.07) is 1.93. The van der Waals surface area contributed by atoms with Crippen molar-refractivity contribution in [2.75, 3.05) is 0 Å². The first-order valence-corrected chi connectivity index (χ1v) is 5.68. The third-order valence-electron chi connectivity index (χ3n) is 2.69. The van der Waals surface area contributed by atoms with E-state index >= 15 is 0 Å². The number of hydrogen-bond acceptors (Lipinski definition) is 1. The Hall–Kier alpha value is -0.970. The summed E-state index contributed by atoms with van der Waals surface area (Å²) in [4.78, 5) is 11.7. The molecular weight excluding hydrogens is 280 g/mol. The summed E-state index contributed by atoms with van der Waals surface area (Å²) in [6.45, 7) is 1.87. The highest BCUT2D eigenvalue weighted by Crippen LogP contribution is 2.35. The van der Waals surface area contributed by atoms with Gasteiger partial charge >= 0.3 is 0 Å². The maximum Gasteiger partial charge on any atom is 0.255 e. The lowest BCUT2D eigenvalue weighted by molar-refractivity contribution is 0.0930. The Bertz CT molecular complexity index is 458. The van der Waals surface area contributed by atoms with Crippen molar-refractivity contribution in [2.24, 2.45) is 0 Å². The standard InChI is InChI=1S/C11H10BrF2NO/c1-11(4-5-11)15-10(16)8-6(13)2-3-7(14)9(8)12/h2-3H,4-5H2,1H3,(H,15,16). The fourth-order valence-electron chi connectivity index (χ4n) is 1.38. The normalized spacial score (nSPS) is 17.0. The van der Waals surface area contributed by atoms with Gasteiger partial charge in [0.15, 0.2) is 0 Å². The van der Waals surface area contributed by atoms with Gasteiger partial charge in [-0.2, -0.15) is 0 Å². The van der Waals surface area contributed by atoms with E-state index in [2.05, 4.69) is 21.2 Å². The zero-order valence-corrected chi connectivity index (χ0v) is 10.2. The van der Waals surface area contributed by atoms with Gasteiger partial charge in [0.2, 0.25) is 0 Å². The number of halogens is 3. The van der Waals surface area contributed by atoms with Crippen LogP contribution in [0.3, 0.4) is 0 Å². The lowest BCUT2D eigenvalue weighted by atomic mass is 10.1. The molecule has 2 rings (SSSR count). The van der Waals surface area contributed by atoms with Gasteiger partial charge < -0.3 is 5.32 Å². The number of hydrogen-bond donors (Lipinski definition) is 1. The molecule has 1 aliphatic carbocycles. The molecule has 1 N–H and O–H groups in total. The highest BCUT2D eigenvalue weighted by atomic mass is 79.9. The number of amides is 1. The van der Waals surface area contributed by atoms with Crippen LogP contribution < -0.4 is 5.32 Å². The van der Waals surface area contributed by atoms with Crippen molar-refractivity contribution in [3.05, 3.63) is 33.8 Å². The van der Waals surface area contributed by atoms with Crippen molar-refractivity contribution < 1.29 is 13.6 Å². The number of rotatable bonds is 2. The fraction of sp³-hybridized carbons (Fsp3) is 0.364. The number of benzene rings is 1. The first-order chi connectivity index (χ1) is 7.43. The summed E-state index contributed by atoms with van der Waals surface area (Å²) in [5.41, 5.74) is -0.525. The van der Waals surface area contributed by atoms with Crippen LogP contribution in [0.4, 0.5) is 8.78 Å². The number of carbonyl (C=O) groups excluding carboxylic acids is 1. The molecule has 1 aromatic carbocycles. The first-order valence-electron chi connectivity index (χ1n) is 4.89. The monoisotopic (exact) mass is 289 g/mol. The van der Waals surface area contributed by atoms with Crippen LogP contribution >= 0.6 is 15.9 Å². The molecule has 0 atom stereocenters. The molecule has 1 aliphatic rings. The van der Waals surface area contributed by atoms with Gasteiger partial charge in [-0.1, -0.05) is 0 Å². The first kappa shape index (κ1) is 11.5. The van der Waals surface area contributed by atoms with Crippen LogP contribution in [0.25, 0.3) is 0 Å². The highest BCUT2D eigenvalue weighted by Gasteiger charge is 2.39. The minimum absolute atomic E-state index is 0.130. The highest BCUT2D eigenvalue weighted by molar-refractivity contribution is 9.10. The zero-order chi connectivity index (χ0) is 11.9. The predicted molar refractivity (Wildman–Crippen MR) is 59.2 cm³/mol. The van der Waals surface area contributed by atoms with E-state index in [4.69, 9.17) is 0 Å². The maximum atomic E-state index is 13.4. The van der Waals surface area contributed by atoms with E-state index in [0.717, 1.165) is 25.0 Å². The summed E-state index contributed by atoms with van der Waals surface area (Å²) in [5.74, 6) is -1.95. The van der Waals surface area contributed by atoms with Crippen LogP contribution in [0, 0.1) is 11.6 Å². The Kier molecular flexibility index (Phi) is 2.74. The molecule has 0 aromatic heterocycles. The van der Waals surface area contributed by atoms with E-state index in [1.807, 2.05) is 6.92 Å². The van der Waals surface area contributed by atoms with E-state index in [0.29, 0.717) is 0 Å². The lowest BCUT2D eigenvalue weighted by Gasteiger charge is -2.13. The smallest absolute Gasteiger partial charge is 0.255 e. The average molecular weight is 290 g/mol. The third-order valence-corrected chi connectivity index (χ3v) is 3.46. The van der Waals surface area contributed by atoms with Gasteiger partial charge in [0.05, 0.1) is 10.0 Å². The number of nitrogens with one attached hydrogen (secondary N) is 1. The molecule has 5 heteroatoms. The summed E-state index contributed by atoms with van der Waals surface area (Å²) in [7, 11) is 0. The SMILES string of the molecule is CC1(NC(=O)c2c(F)ccc(F)c2Br)CC1. The Morgan fingerprint density at radius 1 is 1.38 bits per heavy atom. The molecule has 1 saturated carbocycles. The van der Waals surface area contributed by atoms with E-state index in [1.165, 1.54) is 0 Å². The van der Waals surface area contributed by atoms with Crippen molar-refractivity contribution in [2.45, 2.75) is 25.3 Å². The largest absolute Gasteiger partial charge is 0.347 e. The molecule has 1 amide bonds. The van der Waals surface area contributed by atoms with Gasteiger partial charge in [0.1, 0.15) is 11.6 Å². The Labute approximate surface area is 100 Å². The average Bonchev–Trinajstić information content (AvgIpc) is 2.90. The van der Waals surface area contributed by atoms with Gasteiger partial charge in [0.25, 0.3) is 5.91 Å². The van der Waals surface area contributed by atoms with Crippen molar-refractivity contribution in [3.8, 4) is 0 Å². The summed E-state index contributed by atoms with van der Waals surface area (Å²) < 4.78 is 26.5. The van der Waals surface area contributed by atoms with Crippen LogP contribution in [-0.2, 0) is 0 Å². The molecule has 0 saturated heterocycles. The second kappa shape index (κ2) is 3.80. The van der Waals surface area contributed by atoms with E-state index < -0.39 is 17.5 Å². The van der Waals surface area contributed by atoms with E-state index in [9.17, 15) is 13.6 Å². The van der Waals surface area contributed by atoms with Crippen LogP contribution in [0.1, 0.15) is 30.1 Å². The summed E-state index contributed by atoms with van der Waals surface area (Å²) in [5, 5.41) is 2.68. The molecule has 2 nitrogen and oxygen atoms in total. The minimum atomic E-state index is -0.727. The van der Waals surface area contributed by atoms with Gasteiger partial charge in [-0.15, -0.1) is 0 Å². The minimum Gasteiger partial charge on any atom is -0.347 e. The van der Waals surface area contributed by atoms with Crippen molar-refractivity contribution in [1.82, 2.24) is 5.32 Å². The molecule has 86 valence electrons. The quantitative estimate of drug-likeness (QED) is 0.833. The summed E-state index contributed by atoms with van der Waals surface area (Å²) >= 11 is 2.88. The van der Waals surface area contributed by atoms with Crippen molar-refractivity contribution in [1.29, 1.82) is 0 Å². The van der Waals surface area contributed by atoms with E-state index in [1.54, 1.807) is 0 Å². The molecular formula is C11H10BrF2NO. The molecule has 1 fully saturated rings. The number of carbonyl (C=O) groups is 1. The lowest BCUT2D eigenvalue weighted by Crippen LogP contribution is -2.35. The van der Waals surface area contributed by atoms with Crippen LogP contribution in [0.15, 0.2) is 16.6 Å². The van der Waals surface area contributed by atoms with Gasteiger partial charge in [0, 0.05) is 5.54 Å². The maximum absolute atomic E-state index is 13.4. The molecule has 0 spiro atoms. The molecule has 0 aliphatic heterocycles. The molecule has 0 bridgehead atoms. The molecule has 1 aromatic rings. The zero-order valence-electron chi connectivity index (χ0n) is 8.61. The van der Waals surface area contributed by atoms with Crippen molar-refractivity contribution in [3.63, 3.8) is 0 Å². The van der Waals surface area contributed by atoms with Gasteiger partial charge in [-0.3, -0.25) is 4.79 Å². The predicted octanol–water partition coefficient (Wildman–Crippen LogP) is 3.01. The van der Waals surface area contributed by atoms with Crippen LogP contribution in [0.5, 0.6) is 0 Å². The molecule has 0 heterocycles. The molecule has 16 heavy (non-hydrogen) atoms. The van der Waals surface area contributed by atoms with Crippen LogP contribution in [0.2, 0.25) is 0 Å². The van der Waals surface area contributed by atoms with Gasteiger partial charge in [-0.25, -0.2) is 8.78 Å². The van der Waals surface area contributed by atoms with Gasteiger partial charge in [-0.05, 0) is 47.8 Å². The van der Waals surface area contributed by atoms with Crippen LogP contribution in [-0.4, -0.2) is 11.4 Å². The van der Waals surface area contributed by atoms with Crippen molar-refractivity contribution >= 4 is 21.8 Å². The Morgan fingerprint density at radius 2 is 1.94 bits per heavy atom. The second-order valence-electron chi connectivity index (χ2n) is 4.23. The molecule has 0 radical (unpaired) electrons. The fourth-order valence-corrected chi connectivity index (χ4v) is 1.89. The molecule has 0 unspecified atom stereocenters. The summed E-state index contributed by atoms with van der Waals surface area (Å²) in [6.07, 6.45) is 1.74.